The number of ether oxygens (including phenoxy) is 2. The summed E-state index contributed by atoms with van der Waals surface area (Å²) >= 11 is 0. The van der Waals surface area contributed by atoms with Crippen molar-refractivity contribution in [1.82, 2.24) is 4.90 Å². The maximum Gasteiger partial charge on any atom is 0.162 e. The first-order valence-electron chi connectivity index (χ1n) is 12.9. The van der Waals surface area contributed by atoms with Gasteiger partial charge in [0.1, 0.15) is 18.2 Å². The number of Topliss-reactive ketones (excluding diaryl/α,β-unsaturated/α-hetero) is 1. The van der Waals surface area contributed by atoms with E-state index in [4.69, 9.17) is 15.2 Å². The molecule has 0 radical (unpaired) electrons. The normalized spacial score (nSPS) is 18.9. The molecule has 1 aliphatic heterocycles. The summed E-state index contributed by atoms with van der Waals surface area (Å²) in [6.07, 6.45) is 1.14. The van der Waals surface area contributed by atoms with Gasteiger partial charge in [-0.3, -0.25) is 4.79 Å². The molecule has 0 fully saturated rings. The van der Waals surface area contributed by atoms with E-state index in [0.717, 1.165) is 22.6 Å². The zero-order valence-corrected chi connectivity index (χ0v) is 22.2. The predicted octanol–water partition coefficient (Wildman–Crippen LogP) is 5.80. The van der Waals surface area contributed by atoms with Crippen LogP contribution in [0.1, 0.15) is 43.7 Å². The Bertz CT molecular complexity index is 1470. The number of carbonyl (C=O) groups is 1. The first kappa shape index (κ1) is 25.6. The molecule has 0 spiro atoms. The molecule has 5 rings (SSSR count). The van der Waals surface area contributed by atoms with Gasteiger partial charge < -0.3 is 20.1 Å². The summed E-state index contributed by atoms with van der Waals surface area (Å²) in [4.78, 5) is 15.4. The number of rotatable bonds is 7. The molecule has 2 aliphatic rings. The van der Waals surface area contributed by atoms with Crippen molar-refractivity contribution in [3.05, 3.63) is 101 Å². The summed E-state index contributed by atoms with van der Waals surface area (Å²) in [6, 6.07) is 24.5. The first-order chi connectivity index (χ1) is 18.3. The third-order valence-corrected chi connectivity index (χ3v) is 7.49. The summed E-state index contributed by atoms with van der Waals surface area (Å²) in [5.74, 6) is 0.694. The molecule has 0 aromatic heterocycles. The SMILES string of the molecule is COCCN1C(N)=C(C#N)[C@H](c2ccc(OCc3cccc4ccccc34)cc2)C2=C1CC(C)(C)CC2=O. The van der Waals surface area contributed by atoms with Crippen molar-refractivity contribution in [2.24, 2.45) is 11.1 Å². The second kappa shape index (κ2) is 10.4. The highest BCUT2D eigenvalue weighted by Crippen LogP contribution is 2.49. The van der Waals surface area contributed by atoms with E-state index in [1.807, 2.05) is 47.4 Å². The van der Waals surface area contributed by atoms with Crippen LogP contribution in [0.2, 0.25) is 0 Å². The van der Waals surface area contributed by atoms with Gasteiger partial charge >= 0.3 is 0 Å². The fourth-order valence-corrected chi connectivity index (χ4v) is 5.68. The molecule has 6 heteroatoms. The monoisotopic (exact) mass is 507 g/mol. The molecule has 6 nitrogen and oxygen atoms in total. The van der Waals surface area contributed by atoms with Gasteiger partial charge in [-0.25, -0.2) is 0 Å². The molecule has 0 amide bonds. The van der Waals surface area contributed by atoms with Crippen LogP contribution in [0.15, 0.2) is 89.4 Å². The molecule has 3 aromatic rings. The number of hydrogen-bond donors (Lipinski definition) is 1. The number of allylic oxidation sites excluding steroid dienone is 3. The average molecular weight is 508 g/mol. The van der Waals surface area contributed by atoms with Gasteiger partial charge in [0.25, 0.3) is 0 Å². The van der Waals surface area contributed by atoms with E-state index in [9.17, 15) is 10.1 Å². The molecule has 3 aromatic carbocycles. The Morgan fingerprint density at radius 1 is 1.05 bits per heavy atom. The van der Waals surface area contributed by atoms with E-state index in [1.165, 1.54) is 10.8 Å². The van der Waals surface area contributed by atoms with Crippen molar-refractivity contribution in [2.75, 3.05) is 20.3 Å². The van der Waals surface area contributed by atoms with Gasteiger partial charge in [0, 0.05) is 31.3 Å². The van der Waals surface area contributed by atoms with Gasteiger partial charge in [-0.15, -0.1) is 0 Å². The Labute approximate surface area is 223 Å². The van der Waals surface area contributed by atoms with Crippen LogP contribution in [0.25, 0.3) is 10.8 Å². The number of methoxy groups -OCH3 is 1. The van der Waals surface area contributed by atoms with Gasteiger partial charge in [0.15, 0.2) is 5.78 Å². The number of ketones is 1. The molecule has 1 aliphatic carbocycles. The van der Waals surface area contributed by atoms with Crippen molar-refractivity contribution >= 4 is 16.6 Å². The minimum absolute atomic E-state index is 0.0696. The van der Waals surface area contributed by atoms with Crippen molar-refractivity contribution in [2.45, 2.75) is 39.2 Å². The second-order valence-electron chi connectivity index (χ2n) is 10.8. The van der Waals surface area contributed by atoms with Gasteiger partial charge in [-0.1, -0.05) is 68.4 Å². The van der Waals surface area contributed by atoms with Crippen LogP contribution in [-0.4, -0.2) is 30.9 Å². The number of nitrogens with two attached hydrogens (primary N) is 1. The lowest BCUT2D eigenvalue weighted by molar-refractivity contribution is -0.118. The lowest BCUT2D eigenvalue weighted by atomic mass is 9.68. The average Bonchev–Trinajstić information content (AvgIpc) is 2.90. The third kappa shape index (κ3) is 4.78. The predicted molar refractivity (Wildman–Crippen MR) is 148 cm³/mol. The fraction of sp³-hybridized carbons (Fsp3) is 0.312. The van der Waals surface area contributed by atoms with Gasteiger partial charge in [0.05, 0.1) is 24.2 Å². The zero-order chi connectivity index (χ0) is 26.9. The Morgan fingerprint density at radius 2 is 1.79 bits per heavy atom. The second-order valence-corrected chi connectivity index (χ2v) is 10.8. The Balaban J connectivity index is 1.46. The van der Waals surface area contributed by atoms with Crippen LogP contribution in [0.4, 0.5) is 0 Å². The highest BCUT2D eigenvalue weighted by atomic mass is 16.5. The summed E-state index contributed by atoms with van der Waals surface area (Å²) < 4.78 is 11.4. The van der Waals surface area contributed by atoms with Gasteiger partial charge in [-0.05, 0) is 45.9 Å². The minimum Gasteiger partial charge on any atom is -0.489 e. The molecule has 0 saturated carbocycles. The Hall–Kier alpha value is -4.08. The fourth-order valence-electron chi connectivity index (χ4n) is 5.68. The number of nitriles is 1. The number of benzene rings is 3. The Kier molecular flexibility index (Phi) is 6.96. The number of nitrogens with zero attached hydrogens (tertiary/aromatic N) is 2. The number of hydrogen-bond acceptors (Lipinski definition) is 6. The summed E-state index contributed by atoms with van der Waals surface area (Å²) in [5, 5.41) is 12.5. The van der Waals surface area contributed by atoms with Gasteiger partial charge in [-0.2, -0.15) is 5.26 Å². The van der Waals surface area contributed by atoms with Crippen molar-refractivity contribution in [3.8, 4) is 11.8 Å². The molecule has 38 heavy (non-hydrogen) atoms. The van der Waals surface area contributed by atoms with Crippen LogP contribution < -0.4 is 10.5 Å². The molecule has 0 unspecified atom stereocenters. The third-order valence-electron chi connectivity index (χ3n) is 7.49. The van der Waals surface area contributed by atoms with Crippen LogP contribution in [0.3, 0.4) is 0 Å². The van der Waals surface area contributed by atoms with Crippen molar-refractivity contribution in [3.63, 3.8) is 0 Å². The highest BCUT2D eigenvalue weighted by molar-refractivity contribution is 6.00. The molecular weight excluding hydrogens is 474 g/mol. The molecule has 194 valence electrons. The molecule has 1 atom stereocenters. The molecule has 2 N–H and O–H groups in total. The van der Waals surface area contributed by atoms with E-state index in [1.54, 1.807) is 7.11 Å². The lowest BCUT2D eigenvalue weighted by Gasteiger charge is -2.43. The largest absolute Gasteiger partial charge is 0.489 e. The van der Waals surface area contributed by atoms with Crippen molar-refractivity contribution < 1.29 is 14.3 Å². The first-order valence-corrected chi connectivity index (χ1v) is 12.9. The number of carbonyl (C=O) groups excluding carboxylic acids is 1. The topological polar surface area (TPSA) is 88.6 Å². The summed E-state index contributed by atoms with van der Waals surface area (Å²) in [5.41, 5.74) is 10.4. The van der Waals surface area contributed by atoms with Crippen LogP contribution >= 0.6 is 0 Å². The van der Waals surface area contributed by atoms with E-state index >= 15 is 0 Å². The van der Waals surface area contributed by atoms with E-state index < -0.39 is 5.92 Å². The standard InChI is InChI=1S/C32H33N3O3/c1-32(2)17-27-30(28(36)18-32)29(26(19-33)31(34)35(27)15-16-37-3)22-11-13-24(14-12-22)38-20-23-9-6-8-21-7-4-5-10-25(21)23/h4-14,29H,15-18,20,34H2,1-3H3/t29-/m0/s1. The quantitative estimate of drug-likeness (QED) is 0.435. The van der Waals surface area contributed by atoms with Crippen LogP contribution in [0.5, 0.6) is 5.75 Å². The van der Waals surface area contributed by atoms with E-state index in [-0.39, 0.29) is 11.2 Å². The van der Waals surface area contributed by atoms with E-state index in [0.29, 0.717) is 49.6 Å². The molecule has 0 saturated heterocycles. The van der Waals surface area contributed by atoms with E-state index in [2.05, 4.69) is 44.2 Å². The Morgan fingerprint density at radius 3 is 2.53 bits per heavy atom. The van der Waals surface area contributed by atoms with Gasteiger partial charge in [0.2, 0.25) is 0 Å². The maximum absolute atomic E-state index is 13.5. The minimum atomic E-state index is -0.496. The molecule has 0 bridgehead atoms. The summed E-state index contributed by atoms with van der Waals surface area (Å²) in [7, 11) is 1.63. The van der Waals surface area contributed by atoms with Crippen molar-refractivity contribution in [1.29, 1.82) is 5.26 Å². The maximum atomic E-state index is 13.5. The lowest BCUT2D eigenvalue weighted by Crippen LogP contribution is -2.43. The number of fused-ring (bicyclic) bond motifs is 1. The molecular formula is C32H33N3O3. The molecule has 1 heterocycles. The zero-order valence-electron chi connectivity index (χ0n) is 22.2. The smallest absolute Gasteiger partial charge is 0.162 e. The van der Waals surface area contributed by atoms with Crippen LogP contribution in [-0.2, 0) is 16.1 Å². The summed E-state index contributed by atoms with van der Waals surface area (Å²) in [6.45, 7) is 5.57. The van der Waals surface area contributed by atoms with Crippen LogP contribution in [0, 0.1) is 16.7 Å². The highest BCUT2D eigenvalue weighted by Gasteiger charge is 2.44.